The van der Waals surface area contributed by atoms with E-state index in [1.54, 1.807) is 0 Å². The van der Waals surface area contributed by atoms with Crippen molar-refractivity contribution in [2.45, 2.75) is 0 Å². The first-order valence-electron chi connectivity index (χ1n) is 12.4. The third-order valence-corrected chi connectivity index (χ3v) is 7.25. The Bertz CT molecular complexity index is 1600. The molecule has 0 saturated heterocycles. The number of hydrogen-bond donors (Lipinski definition) is 0. The summed E-state index contributed by atoms with van der Waals surface area (Å²) >= 11 is 0. The second-order valence-corrected chi connectivity index (χ2v) is 9.38. The smallest absolute Gasteiger partial charge is 0.00928 e. The van der Waals surface area contributed by atoms with E-state index in [0.29, 0.717) is 0 Å². The second-order valence-electron chi connectivity index (χ2n) is 9.38. The van der Waals surface area contributed by atoms with Crippen LogP contribution in [0.15, 0.2) is 146 Å². The standard InChI is InChI=1S/C36H24/c1-4-10-25(11-5-1)28-16-19-31-34(22-28)32-20-17-29(26-12-6-2-7-13-26)24-36(32)33-21-18-30(23-35(31)33)27-14-8-3-9-15-27/h1-24H. The summed E-state index contributed by atoms with van der Waals surface area (Å²) in [6.07, 6.45) is 0. The molecule has 0 heteroatoms. The van der Waals surface area contributed by atoms with E-state index in [9.17, 15) is 0 Å². The molecule has 0 N–H and O–H groups in total. The van der Waals surface area contributed by atoms with Gasteiger partial charge in [-0.15, -0.1) is 0 Å². The quantitative estimate of drug-likeness (QED) is 0.232. The molecule has 168 valence electrons. The van der Waals surface area contributed by atoms with Gasteiger partial charge in [-0.3, -0.25) is 0 Å². The van der Waals surface area contributed by atoms with Crippen molar-refractivity contribution in [1.29, 1.82) is 0 Å². The van der Waals surface area contributed by atoms with Gasteiger partial charge in [-0.1, -0.05) is 127 Å². The van der Waals surface area contributed by atoms with E-state index in [1.807, 2.05) is 0 Å². The van der Waals surface area contributed by atoms with Crippen LogP contribution in [-0.2, 0) is 0 Å². The van der Waals surface area contributed by atoms with Gasteiger partial charge in [0.05, 0.1) is 0 Å². The summed E-state index contributed by atoms with van der Waals surface area (Å²) < 4.78 is 0. The van der Waals surface area contributed by atoms with Gasteiger partial charge < -0.3 is 0 Å². The van der Waals surface area contributed by atoms with E-state index < -0.39 is 0 Å². The molecule has 0 aromatic heterocycles. The molecule has 0 fully saturated rings. The lowest BCUT2D eigenvalue weighted by atomic mass is 9.89. The molecule has 0 aliphatic carbocycles. The molecule has 0 atom stereocenters. The van der Waals surface area contributed by atoms with E-state index in [1.165, 1.54) is 65.7 Å². The Hall–Kier alpha value is -4.68. The molecule has 7 rings (SSSR count). The zero-order chi connectivity index (χ0) is 23.9. The van der Waals surface area contributed by atoms with Crippen LogP contribution in [0.4, 0.5) is 0 Å². The summed E-state index contributed by atoms with van der Waals surface area (Å²) in [5.41, 5.74) is 7.46. The maximum Gasteiger partial charge on any atom is -0.00928 e. The van der Waals surface area contributed by atoms with Crippen LogP contribution in [0, 0.1) is 0 Å². The van der Waals surface area contributed by atoms with E-state index in [-0.39, 0.29) is 0 Å². The predicted octanol–water partition coefficient (Wildman–Crippen LogP) is 10.1. The average molecular weight is 457 g/mol. The highest BCUT2D eigenvalue weighted by Crippen LogP contribution is 2.40. The SMILES string of the molecule is c1ccc(-c2ccc3c(c2)c2ccc(-c4ccccc4)cc2c2ccc(-c4ccccc4)cc32)cc1. The molecule has 0 radical (unpaired) electrons. The van der Waals surface area contributed by atoms with Crippen molar-refractivity contribution < 1.29 is 0 Å². The molecule has 0 bridgehead atoms. The van der Waals surface area contributed by atoms with Crippen molar-refractivity contribution in [3.05, 3.63) is 146 Å². The van der Waals surface area contributed by atoms with Gasteiger partial charge >= 0.3 is 0 Å². The minimum Gasteiger partial charge on any atom is -0.0622 e. The second kappa shape index (κ2) is 8.52. The van der Waals surface area contributed by atoms with E-state index in [0.717, 1.165) is 0 Å². The van der Waals surface area contributed by atoms with Gasteiger partial charge in [0.1, 0.15) is 0 Å². The average Bonchev–Trinajstić information content (AvgIpc) is 2.98. The van der Waals surface area contributed by atoms with E-state index >= 15 is 0 Å². The first-order valence-corrected chi connectivity index (χ1v) is 12.4. The summed E-state index contributed by atoms with van der Waals surface area (Å²) in [5.74, 6) is 0. The van der Waals surface area contributed by atoms with Gasteiger partial charge in [-0.05, 0) is 83.9 Å². The minimum absolute atomic E-state index is 1.24. The van der Waals surface area contributed by atoms with Crippen LogP contribution in [0.3, 0.4) is 0 Å². The fraction of sp³-hybridized carbons (Fsp3) is 0. The molecular formula is C36H24. The highest BCUT2D eigenvalue weighted by Gasteiger charge is 2.12. The number of benzene rings is 7. The van der Waals surface area contributed by atoms with Crippen molar-refractivity contribution in [1.82, 2.24) is 0 Å². The van der Waals surface area contributed by atoms with Crippen LogP contribution in [0.2, 0.25) is 0 Å². The van der Waals surface area contributed by atoms with Crippen molar-refractivity contribution >= 4 is 32.3 Å². The number of hydrogen-bond acceptors (Lipinski definition) is 0. The highest BCUT2D eigenvalue weighted by molar-refractivity contribution is 6.26. The summed E-state index contributed by atoms with van der Waals surface area (Å²) in [4.78, 5) is 0. The minimum atomic E-state index is 1.24. The molecule has 0 saturated carbocycles. The molecule has 7 aromatic carbocycles. The van der Waals surface area contributed by atoms with E-state index in [4.69, 9.17) is 0 Å². The maximum absolute atomic E-state index is 2.36. The van der Waals surface area contributed by atoms with Crippen molar-refractivity contribution in [2.24, 2.45) is 0 Å². The molecule has 7 aromatic rings. The van der Waals surface area contributed by atoms with Crippen molar-refractivity contribution in [3.63, 3.8) is 0 Å². The lowest BCUT2D eigenvalue weighted by Crippen LogP contribution is -1.87. The van der Waals surface area contributed by atoms with Crippen LogP contribution >= 0.6 is 0 Å². The third kappa shape index (κ3) is 3.47. The Kier molecular flexibility index (Phi) is 4.89. The van der Waals surface area contributed by atoms with Crippen LogP contribution in [-0.4, -0.2) is 0 Å². The topological polar surface area (TPSA) is 0 Å². The molecule has 36 heavy (non-hydrogen) atoms. The van der Waals surface area contributed by atoms with Gasteiger partial charge in [0.25, 0.3) is 0 Å². The maximum atomic E-state index is 2.36. The Balaban J connectivity index is 1.57. The Morgan fingerprint density at radius 2 is 0.472 bits per heavy atom. The van der Waals surface area contributed by atoms with Gasteiger partial charge in [-0.2, -0.15) is 0 Å². The van der Waals surface area contributed by atoms with Gasteiger partial charge in [0.2, 0.25) is 0 Å². The zero-order valence-corrected chi connectivity index (χ0v) is 19.9. The lowest BCUT2D eigenvalue weighted by molar-refractivity contribution is 1.64. The van der Waals surface area contributed by atoms with Crippen molar-refractivity contribution in [3.8, 4) is 33.4 Å². The predicted molar refractivity (Wildman–Crippen MR) is 155 cm³/mol. The van der Waals surface area contributed by atoms with Crippen LogP contribution in [0.1, 0.15) is 0 Å². The number of rotatable bonds is 3. The molecule has 0 unspecified atom stereocenters. The Morgan fingerprint density at radius 3 is 0.750 bits per heavy atom. The Labute approximate surface area is 211 Å². The van der Waals surface area contributed by atoms with Crippen molar-refractivity contribution in [2.75, 3.05) is 0 Å². The van der Waals surface area contributed by atoms with Crippen LogP contribution in [0.5, 0.6) is 0 Å². The molecular weight excluding hydrogens is 432 g/mol. The lowest BCUT2D eigenvalue weighted by Gasteiger charge is -2.15. The first-order chi connectivity index (χ1) is 17.8. The number of fused-ring (bicyclic) bond motifs is 6. The fourth-order valence-corrected chi connectivity index (χ4v) is 5.44. The zero-order valence-electron chi connectivity index (χ0n) is 19.9. The summed E-state index contributed by atoms with van der Waals surface area (Å²) in [6, 6.07) is 52.8. The van der Waals surface area contributed by atoms with Gasteiger partial charge in [0, 0.05) is 0 Å². The normalized spacial score (nSPS) is 11.3. The molecule has 0 spiro atoms. The molecule has 0 aliphatic heterocycles. The first kappa shape index (κ1) is 20.7. The largest absolute Gasteiger partial charge is 0.0622 e. The van der Waals surface area contributed by atoms with Crippen LogP contribution in [0.25, 0.3) is 65.7 Å². The summed E-state index contributed by atoms with van der Waals surface area (Å²) in [7, 11) is 0. The van der Waals surface area contributed by atoms with Crippen LogP contribution < -0.4 is 0 Å². The van der Waals surface area contributed by atoms with Gasteiger partial charge in [-0.25, -0.2) is 0 Å². The van der Waals surface area contributed by atoms with E-state index in [2.05, 4.69) is 146 Å². The molecule has 0 aliphatic rings. The summed E-state index contributed by atoms with van der Waals surface area (Å²) in [6.45, 7) is 0. The third-order valence-electron chi connectivity index (χ3n) is 7.25. The monoisotopic (exact) mass is 456 g/mol. The highest BCUT2D eigenvalue weighted by atomic mass is 14.2. The van der Waals surface area contributed by atoms with Gasteiger partial charge in [0.15, 0.2) is 0 Å². The fourth-order valence-electron chi connectivity index (χ4n) is 5.44. The Morgan fingerprint density at radius 1 is 0.194 bits per heavy atom. The summed E-state index contributed by atoms with van der Waals surface area (Å²) in [5, 5.41) is 7.77. The molecule has 0 nitrogen and oxygen atoms in total. The molecule has 0 amide bonds. The molecule has 0 heterocycles.